The first kappa shape index (κ1) is 18.6. The molecule has 5 nitrogen and oxygen atoms in total. The van der Waals surface area contributed by atoms with Gasteiger partial charge in [-0.25, -0.2) is 0 Å². The molecule has 0 fully saturated rings. The maximum atomic E-state index is 12.9. The van der Waals surface area contributed by atoms with Gasteiger partial charge in [0.05, 0.1) is 22.8 Å². The van der Waals surface area contributed by atoms with Crippen LogP contribution in [0, 0.1) is 0 Å². The molecule has 1 aromatic heterocycles. The molecule has 0 aliphatic carbocycles. The molecule has 5 heteroatoms. The smallest absolute Gasteiger partial charge is 0.252 e. The summed E-state index contributed by atoms with van der Waals surface area (Å²) >= 11 is 0. The van der Waals surface area contributed by atoms with Crippen LogP contribution in [0.4, 0.5) is 5.69 Å². The standard InChI is InChI=1S/C22H23N3O2/c1-4-16-8-10-17(11-9-16)14(2)24-22(27)19-12-13-23-21-18(19)6-5-7-20(21)25-15(3)26/h5-14H,4H2,1-3H3,(H,24,27)(H,25,26)/t14-/m1/s1. The van der Waals surface area contributed by atoms with Crippen molar-refractivity contribution in [2.75, 3.05) is 5.32 Å². The summed E-state index contributed by atoms with van der Waals surface area (Å²) in [5, 5.41) is 6.51. The SMILES string of the molecule is CCc1ccc([C@@H](C)NC(=O)c2ccnc3c(NC(C)=O)cccc23)cc1. The summed E-state index contributed by atoms with van der Waals surface area (Å²) < 4.78 is 0. The van der Waals surface area contributed by atoms with Crippen LogP contribution < -0.4 is 10.6 Å². The fourth-order valence-electron chi connectivity index (χ4n) is 3.06. The lowest BCUT2D eigenvalue weighted by Gasteiger charge is -2.16. The van der Waals surface area contributed by atoms with E-state index in [1.807, 2.05) is 25.1 Å². The van der Waals surface area contributed by atoms with Crippen molar-refractivity contribution in [2.45, 2.75) is 33.2 Å². The van der Waals surface area contributed by atoms with E-state index in [2.05, 4.69) is 34.7 Å². The Labute approximate surface area is 158 Å². The highest BCUT2D eigenvalue weighted by Crippen LogP contribution is 2.25. The minimum Gasteiger partial charge on any atom is -0.345 e. The van der Waals surface area contributed by atoms with Gasteiger partial charge in [-0.15, -0.1) is 0 Å². The predicted octanol–water partition coefficient (Wildman–Crippen LogP) is 4.25. The van der Waals surface area contributed by atoms with Gasteiger partial charge in [-0.1, -0.05) is 43.3 Å². The van der Waals surface area contributed by atoms with E-state index >= 15 is 0 Å². The van der Waals surface area contributed by atoms with Crippen LogP contribution in [-0.2, 0) is 11.2 Å². The molecule has 0 radical (unpaired) electrons. The molecule has 0 saturated carbocycles. The van der Waals surface area contributed by atoms with Crippen LogP contribution in [0.25, 0.3) is 10.9 Å². The number of hydrogen-bond donors (Lipinski definition) is 2. The third-order valence-electron chi connectivity index (χ3n) is 4.56. The molecule has 2 amide bonds. The Hall–Kier alpha value is -3.21. The molecule has 0 aliphatic rings. The average Bonchev–Trinajstić information content (AvgIpc) is 2.67. The van der Waals surface area contributed by atoms with Gasteiger partial charge >= 0.3 is 0 Å². The van der Waals surface area contributed by atoms with E-state index in [9.17, 15) is 9.59 Å². The molecule has 0 aliphatic heterocycles. The van der Waals surface area contributed by atoms with Crippen LogP contribution in [0.3, 0.4) is 0 Å². The van der Waals surface area contributed by atoms with Crippen molar-refractivity contribution < 1.29 is 9.59 Å². The van der Waals surface area contributed by atoms with Crippen LogP contribution in [0.5, 0.6) is 0 Å². The largest absolute Gasteiger partial charge is 0.345 e. The lowest BCUT2D eigenvalue weighted by molar-refractivity contribution is -0.114. The van der Waals surface area contributed by atoms with Gasteiger partial charge in [0.25, 0.3) is 5.91 Å². The van der Waals surface area contributed by atoms with E-state index in [4.69, 9.17) is 0 Å². The first-order valence-electron chi connectivity index (χ1n) is 9.04. The molecule has 3 rings (SSSR count). The minimum atomic E-state index is -0.177. The Morgan fingerprint density at radius 1 is 1.07 bits per heavy atom. The monoisotopic (exact) mass is 361 g/mol. The van der Waals surface area contributed by atoms with Gasteiger partial charge in [0.2, 0.25) is 5.91 Å². The van der Waals surface area contributed by atoms with Crippen molar-refractivity contribution in [2.24, 2.45) is 0 Å². The highest BCUT2D eigenvalue weighted by atomic mass is 16.2. The molecule has 0 bridgehead atoms. The first-order valence-corrected chi connectivity index (χ1v) is 9.04. The maximum Gasteiger partial charge on any atom is 0.252 e. The third kappa shape index (κ3) is 4.14. The van der Waals surface area contributed by atoms with Crippen molar-refractivity contribution in [3.8, 4) is 0 Å². The summed E-state index contributed by atoms with van der Waals surface area (Å²) in [6.45, 7) is 5.52. The van der Waals surface area contributed by atoms with Gasteiger partial charge in [0.1, 0.15) is 0 Å². The van der Waals surface area contributed by atoms with Crippen LogP contribution >= 0.6 is 0 Å². The topological polar surface area (TPSA) is 71.1 Å². The van der Waals surface area contributed by atoms with E-state index in [0.717, 1.165) is 12.0 Å². The summed E-state index contributed by atoms with van der Waals surface area (Å²) in [6, 6.07) is 15.2. The number of fused-ring (bicyclic) bond motifs is 1. The summed E-state index contributed by atoms with van der Waals surface area (Å²) in [7, 11) is 0. The van der Waals surface area contributed by atoms with Gasteiger partial charge in [-0.2, -0.15) is 0 Å². The number of para-hydroxylation sites is 1. The lowest BCUT2D eigenvalue weighted by atomic mass is 10.0. The fraction of sp³-hybridized carbons (Fsp3) is 0.227. The highest BCUT2D eigenvalue weighted by Gasteiger charge is 2.16. The number of amides is 2. The summed E-state index contributed by atoms with van der Waals surface area (Å²) in [5.74, 6) is -0.349. The van der Waals surface area contributed by atoms with E-state index < -0.39 is 0 Å². The number of aryl methyl sites for hydroxylation is 1. The number of nitrogens with zero attached hydrogens (tertiary/aromatic N) is 1. The summed E-state index contributed by atoms with van der Waals surface area (Å²) in [6.07, 6.45) is 2.57. The average molecular weight is 361 g/mol. The zero-order chi connectivity index (χ0) is 19.4. The first-order chi connectivity index (χ1) is 13.0. The molecule has 2 N–H and O–H groups in total. The highest BCUT2D eigenvalue weighted by molar-refractivity contribution is 6.10. The van der Waals surface area contributed by atoms with Crippen molar-refractivity contribution in [1.29, 1.82) is 0 Å². The van der Waals surface area contributed by atoms with Crippen molar-refractivity contribution in [3.63, 3.8) is 0 Å². The minimum absolute atomic E-state index is 0.120. The summed E-state index contributed by atoms with van der Waals surface area (Å²) in [5.41, 5.74) is 4.04. The third-order valence-corrected chi connectivity index (χ3v) is 4.56. The zero-order valence-corrected chi connectivity index (χ0v) is 15.7. The Morgan fingerprint density at radius 2 is 1.81 bits per heavy atom. The van der Waals surface area contributed by atoms with Crippen molar-refractivity contribution in [1.82, 2.24) is 10.3 Å². The number of benzene rings is 2. The number of anilines is 1. The number of carbonyl (C=O) groups excluding carboxylic acids is 2. The fourth-order valence-corrected chi connectivity index (χ4v) is 3.06. The lowest BCUT2D eigenvalue weighted by Crippen LogP contribution is -2.27. The molecular weight excluding hydrogens is 338 g/mol. The molecule has 0 spiro atoms. The molecule has 0 unspecified atom stereocenters. The van der Waals surface area contributed by atoms with Gasteiger partial charge in [-0.05, 0) is 36.6 Å². The number of nitrogens with one attached hydrogen (secondary N) is 2. The predicted molar refractivity (Wildman–Crippen MR) is 108 cm³/mol. The molecule has 27 heavy (non-hydrogen) atoms. The van der Waals surface area contributed by atoms with Crippen molar-refractivity contribution in [3.05, 3.63) is 71.4 Å². The number of rotatable bonds is 5. The normalized spacial score (nSPS) is 11.8. The van der Waals surface area contributed by atoms with Gasteiger partial charge in [-0.3, -0.25) is 14.6 Å². The number of hydrogen-bond acceptors (Lipinski definition) is 3. The van der Waals surface area contributed by atoms with Crippen LogP contribution in [0.15, 0.2) is 54.7 Å². The molecule has 2 aromatic carbocycles. The molecule has 1 heterocycles. The van der Waals surface area contributed by atoms with E-state index in [0.29, 0.717) is 22.2 Å². The molecule has 138 valence electrons. The maximum absolute atomic E-state index is 12.9. The molecular formula is C22H23N3O2. The Morgan fingerprint density at radius 3 is 2.48 bits per heavy atom. The number of pyridine rings is 1. The molecule has 3 aromatic rings. The second-order valence-corrected chi connectivity index (χ2v) is 6.53. The van der Waals surface area contributed by atoms with Gasteiger partial charge in [0.15, 0.2) is 0 Å². The Kier molecular flexibility index (Phi) is 5.50. The van der Waals surface area contributed by atoms with E-state index in [1.165, 1.54) is 12.5 Å². The Balaban J connectivity index is 1.87. The zero-order valence-electron chi connectivity index (χ0n) is 15.7. The quantitative estimate of drug-likeness (QED) is 0.714. The number of carbonyl (C=O) groups is 2. The number of aromatic nitrogens is 1. The molecule has 1 atom stereocenters. The van der Waals surface area contributed by atoms with E-state index in [-0.39, 0.29) is 17.9 Å². The second kappa shape index (κ2) is 7.99. The van der Waals surface area contributed by atoms with Crippen LogP contribution in [0.2, 0.25) is 0 Å². The second-order valence-electron chi connectivity index (χ2n) is 6.53. The molecule has 0 saturated heterocycles. The van der Waals surface area contributed by atoms with Crippen LogP contribution in [0.1, 0.15) is 48.3 Å². The van der Waals surface area contributed by atoms with Gasteiger partial charge < -0.3 is 10.6 Å². The van der Waals surface area contributed by atoms with Crippen molar-refractivity contribution >= 4 is 28.4 Å². The van der Waals surface area contributed by atoms with Gasteiger partial charge in [0, 0.05) is 18.5 Å². The van der Waals surface area contributed by atoms with E-state index in [1.54, 1.807) is 24.4 Å². The van der Waals surface area contributed by atoms with Crippen LogP contribution in [-0.4, -0.2) is 16.8 Å². The Bertz CT molecular complexity index is 981. The summed E-state index contributed by atoms with van der Waals surface area (Å²) in [4.78, 5) is 28.6.